The third-order valence-corrected chi connectivity index (χ3v) is 5.94. The Morgan fingerprint density at radius 1 is 0.969 bits per heavy atom. The Bertz CT molecular complexity index is 1400. The van der Waals surface area contributed by atoms with Gasteiger partial charge >= 0.3 is 0 Å². The number of hydrogen-bond acceptors (Lipinski definition) is 4. The number of nitrogens with zero attached hydrogens (tertiary/aromatic N) is 5. The SMILES string of the molecule is COc1cc(-c2nnc3c(C(C)c4ccc(C)cc4)cccn23)ccc1-n1cnc(C)c1. The zero-order valence-electron chi connectivity index (χ0n) is 18.6. The number of pyridine rings is 1. The van der Waals surface area contributed by atoms with E-state index in [0.717, 1.165) is 39.7 Å². The van der Waals surface area contributed by atoms with Crippen molar-refractivity contribution in [3.8, 4) is 22.8 Å². The van der Waals surface area contributed by atoms with Crippen molar-refractivity contribution in [3.63, 3.8) is 0 Å². The minimum absolute atomic E-state index is 0.206. The summed E-state index contributed by atoms with van der Waals surface area (Å²) in [6, 6.07) is 18.9. The van der Waals surface area contributed by atoms with Crippen molar-refractivity contribution in [1.29, 1.82) is 0 Å². The van der Waals surface area contributed by atoms with Gasteiger partial charge in [-0.05, 0) is 43.7 Å². The van der Waals surface area contributed by atoms with Crippen LogP contribution in [0.1, 0.15) is 35.2 Å². The Morgan fingerprint density at radius 3 is 2.50 bits per heavy atom. The predicted octanol–water partition coefficient (Wildman–Crippen LogP) is 5.36. The molecule has 3 heterocycles. The summed E-state index contributed by atoms with van der Waals surface area (Å²) in [5.74, 6) is 1.74. The number of ether oxygens (including phenoxy) is 1. The topological polar surface area (TPSA) is 57.2 Å². The smallest absolute Gasteiger partial charge is 0.168 e. The Hall–Kier alpha value is -3.93. The fraction of sp³-hybridized carbons (Fsp3) is 0.192. The quantitative estimate of drug-likeness (QED) is 0.382. The van der Waals surface area contributed by atoms with E-state index in [1.165, 1.54) is 11.1 Å². The van der Waals surface area contributed by atoms with E-state index in [-0.39, 0.29) is 5.92 Å². The molecule has 0 saturated carbocycles. The summed E-state index contributed by atoms with van der Waals surface area (Å²) in [4.78, 5) is 4.32. The van der Waals surface area contributed by atoms with Gasteiger partial charge in [0.25, 0.3) is 0 Å². The van der Waals surface area contributed by atoms with Gasteiger partial charge in [0.05, 0.1) is 24.8 Å². The van der Waals surface area contributed by atoms with Crippen LogP contribution in [0.3, 0.4) is 0 Å². The standard InChI is InChI=1S/C26H25N5O/c1-17-7-9-20(10-8-17)19(3)22-6-5-13-31-25(28-29-26(22)31)21-11-12-23(24(14-21)32-4)30-15-18(2)27-16-30/h5-16,19H,1-4H3. The zero-order valence-corrected chi connectivity index (χ0v) is 18.6. The van der Waals surface area contributed by atoms with Crippen LogP contribution in [0.2, 0.25) is 0 Å². The van der Waals surface area contributed by atoms with E-state index >= 15 is 0 Å². The van der Waals surface area contributed by atoms with E-state index in [9.17, 15) is 0 Å². The van der Waals surface area contributed by atoms with Gasteiger partial charge in [0, 0.05) is 29.4 Å². The van der Waals surface area contributed by atoms with E-state index in [1.807, 2.05) is 42.1 Å². The highest BCUT2D eigenvalue weighted by Crippen LogP contribution is 2.32. The minimum atomic E-state index is 0.206. The summed E-state index contributed by atoms with van der Waals surface area (Å²) in [5.41, 5.74) is 7.35. The molecular weight excluding hydrogens is 398 g/mol. The van der Waals surface area contributed by atoms with Crippen LogP contribution in [0.5, 0.6) is 5.75 Å². The van der Waals surface area contributed by atoms with Gasteiger partial charge in [-0.2, -0.15) is 0 Å². The van der Waals surface area contributed by atoms with Crippen molar-refractivity contribution < 1.29 is 4.74 Å². The maximum absolute atomic E-state index is 5.68. The monoisotopic (exact) mass is 423 g/mol. The highest BCUT2D eigenvalue weighted by atomic mass is 16.5. The number of imidazole rings is 1. The highest BCUT2D eigenvalue weighted by molar-refractivity contribution is 5.67. The average Bonchev–Trinajstić information content (AvgIpc) is 3.45. The largest absolute Gasteiger partial charge is 0.495 e. The molecule has 6 nitrogen and oxygen atoms in total. The van der Waals surface area contributed by atoms with E-state index < -0.39 is 0 Å². The van der Waals surface area contributed by atoms with Crippen molar-refractivity contribution in [1.82, 2.24) is 24.1 Å². The zero-order chi connectivity index (χ0) is 22.2. The first-order valence-corrected chi connectivity index (χ1v) is 10.6. The first-order chi connectivity index (χ1) is 15.5. The third-order valence-electron chi connectivity index (χ3n) is 5.94. The molecule has 0 N–H and O–H groups in total. The van der Waals surface area contributed by atoms with Gasteiger partial charge in [-0.25, -0.2) is 4.98 Å². The van der Waals surface area contributed by atoms with Crippen LogP contribution in [0.15, 0.2) is 73.3 Å². The summed E-state index contributed by atoms with van der Waals surface area (Å²) >= 11 is 0. The molecule has 2 aromatic carbocycles. The molecule has 0 aliphatic carbocycles. The number of aryl methyl sites for hydroxylation is 2. The van der Waals surface area contributed by atoms with E-state index in [4.69, 9.17) is 4.74 Å². The molecule has 0 fully saturated rings. The summed E-state index contributed by atoms with van der Waals surface area (Å²) in [5, 5.41) is 9.09. The lowest BCUT2D eigenvalue weighted by atomic mass is 9.93. The van der Waals surface area contributed by atoms with Gasteiger partial charge in [-0.15, -0.1) is 10.2 Å². The molecule has 3 aromatic heterocycles. The molecule has 0 radical (unpaired) electrons. The Morgan fingerprint density at radius 2 is 1.78 bits per heavy atom. The number of methoxy groups -OCH3 is 1. The summed E-state index contributed by atoms with van der Waals surface area (Å²) < 4.78 is 9.69. The molecule has 0 saturated heterocycles. The second-order valence-electron chi connectivity index (χ2n) is 8.12. The first-order valence-electron chi connectivity index (χ1n) is 10.6. The van der Waals surface area contributed by atoms with Crippen LogP contribution in [0.4, 0.5) is 0 Å². The number of rotatable bonds is 5. The van der Waals surface area contributed by atoms with E-state index in [2.05, 4.69) is 69.8 Å². The van der Waals surface area contributed by atoms with Gasteiger partial charge < -0.3 is 9.30 Å². The normalized spacial score (nSPS) is 12.2. The van der Waals surface area contributed by atoms with Crippen molar-refractivity contribution in [2.45, 2.75) is 26.7 Å². The fourth-order valence-electron chi connectivity index (χ4n) is 4.09. The Kier molecular flexibility index (Phi) is 4.98. The maximum atomic E-state index is 5.68. The molecule has 0 spiro atoms. The molecule has 0 bridgehead atoms. The van der Waals surface area contributed by atoms with Crippen LogP contribution in [0, 0.1) is 13.8 Å². The second-order valence-corrected chi connectivity index (χ2v) is 8.12. The lowest BCUT2D eigenvalue weighted by Crippen LogP contribution is -2.01. The maximum Gasteiger partial charge on any atom is 0.168 e. The van der Waals surface area contributed by atoms with Gasteiger partial charge in [0.2, 0.25) is 0 Å². The number of benzene rings is 2. The summed E-state index contributed by atoms with van der Waals surface area (Å²) in [6.45, 7) is 6.28. The van der Waals surface area contributed by atoms with Crippen LogP contribution < -0.4 is 4.74 Å². The van der Waals surface area contributed by atoms with Crippen molar-refractivity contribution in [3.05, 3.63) is 95.7 Å². The van der Waals surface area contributed by atoms with Crippen molar-refractivity contribution >= 4 is 5.65 Å². The Balaban J connectivity index is 1.57. The van der Waals surface area contributed by atoms with E-state index in [0.29, 0.717) is 0 Å². The predicted molar refractivity (Wildman–Crippen MR) is 126 cm³/mol. The number of fused-ring (bicyclic) bond motifs is 1. The van der Waals surface area contributed by atoms with E-state index in [1.54, 1.807) is 13.4 Å². The van der Waals surface area contributed by atoms with Crippen molar-refractivity contribution in [2.24, 2.45) is 0 Å². The lowest BCUT2D eigenvalue weighted by Gasteiger charge is -2.14. The third kappa shape index (κ3) is 3.43. The Labute approximate surface area is 187 Å². The number of aromatic nitrogens is 5. The molecule has 0 aliphatic rings. The second kappa shape index (κ2) is 7.96. The lowest BCUT2D eigenvalue weighted by molar-refractivity contribution is 0.413. The van der Waals surface area contributed by atoms with Crippen LogP contribution in [0.25, 0.3) is 22.7 Å². The van der Waals surface area contributed by atoms with Gasteiger partial charge in [-0.3, -0.25) is 4.40 Å². The van der Waals surface area contributed by atoms with Crippen LogP contribution in [-0.4, -0.2) is 31.3 Å². The molecule has 0 aliphatic heterocycles. The molecule has 5 aromatic rings. The van der Waals surface area contributed by atoms with Crippen molar-refractivity contribution in [2.75, 3.05) is 7.11 Å². The molecule has 6 heteroatoms. The van der Waals surface area contributed by atoms with Crippen LogP contribution >= 0.6 is 0 Å². The summed E-state index contributed by atoms with van der Waals surface area (Å²) in [7, 11) is 1.68. The van der Waals surface area contributed by atoms with Gasteiger partial charge in [-0.1, -0.05) is 42.8 Å². The highest BCUT2D eigenvalue weighted by Gasteiger charge is 2.18. The molecule has 0 amide bonds. The molecule has 160 valence electrons. The average molecular weight is 424 g/mol. The summed E-state index contributed by atoms with van der Waals surface area (Å²) in [6.07, 6.45) is 5.77. The van der Waals surface area contributed by atoms with Gasteiger partial charge in [0.15, 0.2) is 11.5 Å². The molecule has 1 atom stereocenters. The molecule has 32 heavy (non-hydrogen) atoms. The minimum Gasteiger partial charge on any atom is -0.495 e. The number of hydrogen-bond donors (Lipinski definition) is 0. The molecule has 1 unspecified atom stereocenters. The van der Waals surface area contributed by atoms with Gasteiger partial charge in [0.1, 0.15) is 5.75 Å². The molecular formula is C26H25N5O. The van der Waals surface area contributed by atoms with Crippen LogP contribution in [-0.2, 0) is 0 Å². The molecule has 5 rings (SSSR count). The first kappa shape index (κ1) is 20.0. The fourth-order valence-corrected chi connectivity index (χ4v) is 4.09.